The van der Waals surface area contributed by atoms with E-state index in [1.165, 1.54) is 0 Å². The number of nitrogens with zero attached hydrogens (tertiary/aromatic N) is 1. The minimum atomic E-state index is -3.18. The molecule has 0 aliphatic carbocycles. The Morgan fingerprint density at radius 1 is 0.545 bits per heavy atom. The van der Waals surface area contributed by atoms with Gasteiger partial charge in [-0.3, -0.25) is 0 Å². The van der Waals surface area contributed by atoms with Crippen molar-refractivity contribution < 1.29 is 28.8 Å². The summed E-state index contributed by atoms with van der Waals surface area (Å²) in [6.45, 7) is -9.54. The van der Waals surface area contributed by atoms with Crippen molar-refractivity contribution in [3.8, 4) is 0 Å². The Kier molecular flexibility index (Phi) is 1.01. The zero-order valence-corrected chi connectivity index (χ0v) is 10.9. The highest BCUT2D eigenvalue weighted by Crippen LogP contribution is 2.34. The van der Waals surface area contributed by atoms with Gasteiger partial charge in [0.2, 0.25) is 0 Å². The lowest BCUT2D eigenvalue weighted by Crippen LogP contribution is -2.09. The van der Waals surface area contributed by atoms with Gasteiger partial charge in [0.15, 0.2) is 0 Å². The second kappa shape index (κ2) is 6.07. The zero-order valence-electron chi connectivity index (χ0n) is 31.9. The Morgan fingerprint density at radius 3 is 1.05 bits per heavy atom. The largest absolute Gasteiger partial charge is 0.311 e. The molecule has 0 heterocycles. The number of hydrogen-bond acceptors (Lipinski definition) is 1. The molecular weight excluding hydrogens is 266 g/mol. The van der Waals surface area contributed by atoms with Gasteiger partial charge in [-0.1, -0.05) is 52.9 Å². The lowest BCUT2D eigenvalue weighted by Gasteiger charge is -2.25. The van der Waals surface area contributed by atoms with E-state index < -0.39 is 127 Å². The van der Waals surface area contributed by atoms with E-state index in [1.54, 1.807) is 0 Å². The molecule has 0 bridgehead atoms. The lowest BCUT2D eigenvalue weighted by molar-refractivity contribution is 1.26. The van der Waals surface area contributed by atoms with Gasteiger partial charge < -0.3 is 4.90 Å². The fraction of sp³-hybridized carbons (Fsp3) is 0.143. The third-order valence-electron chi connectivity index (χ3n) is 2.51. The summed E-state index contributed by atoms with van der Waals surface area (Å²) in [6.07, 6.45) is 0. The number of anilines is 3. The molecule has 0 N–H and O–H groups in total. The van der Waals surface area contributed by atoms with Crippen LogP contribution in [0.5, 0.6) is 0 Å². The quantitative estimate of drug-likeness (QED) is 0.566. The molecule has 0 aromatic heterocycles. The van der Waals surface area contributed by atoms with Gasteiger partial charge in [0.1, 0.15) is 0 Å². The van der Waals surface area contributed by atoms with Crippen LogP contribution in [0.25, 0.3) is 0 Å². The summed E-state index contributed by atoms with van der Waals surface area (Å²) in [6, 6.07) is -13.9. The Labute approximate surface area is 162 Å². The third-order valence-corrected chi connectivity index (χ3v) is 2.51. The summed E-state index contributed by atoms with van der Waals surface area (Å²) >= 11 is 0. The van der Waals surface area contributed by atoms with Crippen molar-refractivity contribution in [3.63, 3.8) is 0 Å². The summed E-state index contributed by atoms with van der Waals surface area (Å²) < 4.78 is 170. The second-order valence-electron chi connectivity index (χ2n) is 4.01. The Morgan fingerprint density at radius 2 is 0.818 bits per heavy atom. The third kappa shape index (κ3) is 3.04. The highest BCUT2D eigenvalue weighted by Gasteiger charge is 2.11. The van der Waals surface area contributed by atoms with Gasteiger partial charge in [0.05, 0.1) is 16.4 Å². The molecule has 0 aliphatic rings. The van der Waals surface area contributed by atoms with Crippen molar-refractivity contribution in [2.24, 2.45) is 0 Å². The van der Waals surface area contributed by atoms with Gasteiger partial charge in [0, 0.05) is 29.4 Å². The van der Waals surface area contributed by atoms with Crippen LogP contribution in [0, 0.1) is 20.6 Å². The van der Waals surface area contributed by atoms with Crippen LogP contribution < -0.4 is 4.90 Å². The molecule has 22 heavy (non-hydrogen) atoms. The van der Waals surface area contributed by atoms with Crippen molar-refractivity contribution in [3.05, 3.63) is 89.2 Å². The molecule has 110 valence electrons. The van der Waals surface area contributed by atoms with Crippen LogP contribution in [-0.4, -0.2) is 0 Å². The predicted molar refractivity (Wildman–Crippen MR) is 95.3 cm³/mol. The molecule has 0 saturated carbocycles. The molecular formula is C21H21N. The Hall–Kier alpha value is -2.54. The number of benzene rings is 3. The topological polar surface area (TPSA) is 3.24 Å². The van der Waals surface area contributed by atoms with Crippen LogP contribution in [0.2, 0.25) is 0 Å². The highest BCUT2D eigenvalue weighted by molar-refractivity contribution is 5.76. The second-order valence-corrected chi connectivity index (χ2v) is 4.01. The maximum atomic E-state index is 8.57. The molecule has 3 rings (SSSR count). The van der Waals surface area contributed by atoms with Crippen molar-refractivity contribution >= 4 is 17.1 Å². The van der Waals surface area contributed by atoms with E-state index in [4.69, 9.17) is 28.8 Å². The van der Waals surface area contributed by atoms with E-state index in [0.717, 1.165) is 0 Å². The smallest absolute Gasteiger partial charge is 0.0645 e. The molecule has 0 saturated heterocycles. The van der Waals surface area contributed by atoms with Crippen LogP contribution in [0.1, 0.15) is 45.5 Å². The van der Waals surface area contributed by atoms with Crippen molar-refractivity contribution in [2.45, 2.75) is 20.6 Å². The molecule has 0 fully saturated rings. The molecule has 3 aromatic carbocycles. The van der Waals surface area contributed by atoms with Gasteiger partial charge >= 0.3 is 0 Å². The fourth-order valence-corrected chi connectivity index (χ4v) is 1.59. The molecule has 0 radical (unpaired) electrons. The summed E-state index contributed by atoms with van der Waals surface area (Å²) in [7, 11) is 0. The molecule has 3 aromatic rings. The number of rotatable bonds is 3. The standard InChI is InChI=1S/C21H21N/c1-16-4-10-19(11-5-16)22(20-12-6-17(2)7-13-20)21-14-8-18(3)9-15-21/h4-15H,1-3H3/i1D3,2D3,3D3,4D,5D,6D,7D,8D,9D,10D,11D,12D,13D,14D,15D. The minimum absolute atomic E-state index is 0.304. The van der Waals surface area contributed by atoms with Gasteiger partial charge in [-0.15, -0.1) is 0 Å². The molecule has 1 heteroatoms. The van der Waals surface area contributed by atoms with Crippen LogP contribution in [0.4, 0.5) is 17.1 Å². The van der Waals surface area contributed by atoms with Crippen molar-refractivity contribution in [1.82, 2.24) is 0 Å². The summed E-state index contributed by atoms with van der Waals surface area (Å²) in [4.78, 5) is 0.304. The van der Waals surface area contributed by atoms with Crippen LogP contribution in [0.15, 0.2) is 72.5 Å². The lowest BCUT2D eigenvalue weighted by atomic mass is 10.1. The van der Waals surface area contributed by atoms with Crippen LogP contribution in [-0.2, 0) is 0 Å². The van der Waals surface area contributed by atoms with Crippen molar-refractivity contribution in [1.29, 1.82) is 0 Å². The van der Waals surface area contributed by atoms with Crippen LogP contribution in [0.3, 0.4) is 0 Å². The zero-order chi connectivity index (χ0) is 33.5. The SMILES string of the molecule is [2H]c1c([2H])c(C([2H])([2H])[2H])c([2H])c([2H])c1N(c1c([2H])c([2H])c(C([2H])([2H])[2H])c([2H])c1[2H])c1c([2H])c([2H])c(C([2H])([2H])[2H])c([2H])c1[2H]. The first kappa shape index (κ1) is 3.68. The summed E-state index contributed by atoms with van der Waals surface area (Å²) in [5, 5.41) is 0. The van der Waals surface area contributed by atoms with E-state index in [9.17, 15) is 0 Å². The molecule has 0 atom stereocenters. The van der Waals surface area contributed by atoms with Crippen molar-refractivity contribution in [2.75, 3.05) is 4.90 Å². The predicted octanol–water partition coefficient (Wildman–Crippen LogP) is 6.08. The summed E-state index contributed by atoms with van der Waals surface area (Å²) in [5.41, 5.74) is -6.23. The van der Waals surface area contributed by atoms with E-state index in [-0.39, 0.29) is 0 Å². The van der Waals surface area contributed by atoms with Gasteiger partial charge in [-0.2, -0.15) is 0 Å². The van der Waals surface area contributed by atoms with E-state index in [0.29, 0.717) is 4.90 Å². The van der Waals surface area contributed by atoms with Gasteiger partial charge in [-0.05, 0) is 56.8 Å². The first-order chi connectivity index (χ1) is 19.3. The van der Waals surface area contributed by atoms with Gasteiger partial charge in [0.25, 0.3) is 0 Å². The molecule has 1 nitrogen and oxygen atoms in total. The molecule has 0 unspecified atom stereocenters. The van der Waals surface area contributed by atoms with Crippen LogP contribution >= 0.6 is 0 Å². The van der Waals surface area contributed by atoms with E-state index >= 15 is 0 Å². The van der Waals surface area contributed by atoms with E-state index in [2.05, 4.69) is 0 Å². The van der Waals surface area contributed by atoms with Gasteiger partial charge in [-0.25, -0.2) is 0 Å². The molecule has 0 aliphatic heterocycles. The maximum absolute atomic E-state index is 8.57. The van der Waals surface area contributed by atoms with E-state index in [1.807, 2.05) is 0 Å². The first-order valence-electron chi connectivity index (χ1n) is 16.4. The Balaban J connectivity index is 2.74. The monoisotopic (exact) mass is 308 g/mol. The summed E-state index contributed by atoms with van der Waals surface area (Å²) in [5.74, 6) is 0. The average molecular weight is 309 g/mol. The average Bonchev–Trinajstić information content (AvgIpc) is 2.83. The normalized spacial score (nSPS) is 25.9. The fourth-order valence-electron chi connectivity index (χ4n) is 1.59. The highest BCUT2D eigenvalue weighted by atomic mass is 15.1. The molecule has 0 spiro atoms. The maximum Gasteiger partial charge on any atom is 0.0645 e. The molecule has 0 amide bonds. The number of hydrogen-bond donors (Lipinski definition) is 0. The first-order valence-corrected chi connectivity index (χ1v) is 5.92. The Bertz CT molecular complexity index is 1360. The minimum Gasteiger partial charge on any atom is -0.311 e.